The lowest BCUT2D eigenvalue weighted by atomic mass is 10.0. The molecule has 1 atom stereocenters. The minimum absolute atomic E-state index is 0.0748. The zero-order chi connectivity index (χ0) is 18.1. The van der Waals surface area contributed by atoms with E-state index in [1.54, 1.807) is 0 Å². The Labute approximate surface area is 161 Å². The number of nitrogens with zero attached hydrogens (tertiary/aromatic N) is 2. The Bertz CT molecular complexity index is 915. The zero-order valence-electron chi connectivity index (χ0n) is 14.5. The molecule has 132 valence electrons. The van der Waals surface area contributed by atoms with E-state index in [1.165, 1.54) is 5.56 Å². The number of anilines is 1. The summed E-state index contributed by atoms with van der Waals surface area (Å²) < 4.78 is 3.26. The number of hydrogen-bond acceptors (Lipinski definition) is 1. The highest BCUT2D eigenvalue weighted by Crippen LogP contribution is 2.33. The van der Waals surface area contributed by atoms with Crippen LogP contribution in [-0.4, -0.2) is 22.0 Å². The average Bonchev–Trinajstić information content (AvgIpc) is 3.12. The van der Waals surface area contributed by atoms with Crippen LogP contribution in [0.5, 0.6) is 0 Å². The molecule has 0 radical (unpaired) electrons. The van der Waals surface area contributed by atoms with Crippen molar-refractivity contribution in [2.45, 2.75) is 19.5 Å². The molecule has 1 aromatic heterocycles. The Kier molecular flexibility index (Phi) is 4.55. The van der Waals surface area contributed by atoms with Crippen molar-refractivity contribution in [1.82, 2.24) is 9.47 Å². The SMILES string of the molecule is Cc1ccc(NC(=O)N2CCn3cccc3C2c2ccc(Br)cc2)cc1. The summed E-state index contributed by atoms with van der Waals surface area (Å²) in [6.07, 6.45) is 2.08. The van der Waals surface area contributed by atoms with E-state index in [9.17, 15) is 4.79 Å². The predicted molar refractivity (Wildman–Crippen MR) is 107 cm³/mol. The first-order valence-corrected chi connectivity index (χ1v) is 9.46. The first-order chi connectivity index (χ1) is 12.6. The van der Waals surface area contributed by atoms with Gasteiger partial charge in [0.05, 0.1) is 6.04 Å². The van der Waals surface area contributed by atoms with Gasteiger partial charge < -0.3 is 14.8 Å². The van der Waals surface area contributed by atoms with E-state index >= 15 is 0 Å². The van der Waals surface area contributed by atoms with Crippen LogP contribution in [0, 0.1) is 6.92 Å². The number of carbonyl (C=O) groups is 1. The molecular weight excluding hydrogens is 390 g/mol. The van der Waals surface area contributed by atoms with Crippen molar-refractivity contribution >= 4 is 27.6 Å². The molecule has 1 N–H and O–H groups in total. The molecule has 0 spiro atoms. The molecule has 26 heavy (non-hydrogen) atoms. The molecule has 0 bridgehead atoms. The van der Waals surface area contributed by atoms with Crippen molar-refractivity contribution in [3.8, 4) is 0 Å². The lowest BCUT2D eigenvalue weighted by molar-refractivity contribution is 0.182. The lowest BCUT2D eigenvalue weighted by Gasteiger charge is -2.37. The standard InChI is InChI=1S/C21H20BrN3O/c1-15-4-10-18(11-5-15)23-21(26)25-14-13-24-12-2-3-19(24)20(25)16-6-8-17(22)9-7-16/h2-12,20H,13-14H2,1H3,(H,23,26). The number of aromatic nitrogens is 1. The molecule has 4 rings (SSSR count). The number of urea groups is 1. The number of rotatable bonds is 2. The third kappa shape index (κ3) is 3.27. The van der Waals surface area contributed by atoms with E-state index in [-0.39, 0.29) is 12.1 Å². The average molecular weight is 410 g/mol. The molecular formula is C21H20BrN3O. The fourth-order valence-corrected chi connectivity index (χ4v) is 3.69. The van der Waals surface area contributed by atoms with Gasteiger partial charge in [-0.2, -0.15) is 0 Å². The summed E-state index contributed by atoms with van der Waals surface area (Å²) in [4.78, 5) is 14.9. The lowest BCUT2D eigenvalue weighted by Crippen LogP contribution is -2.44. The zero-order valence-corrected chi connectivity index (χ0v) is 16.1. The molecule has 5 heteroatoms. The molecule has 2 heterocycles. The van der Waals surface area contributed by atoms with E-state index in [1.807, 2.05) is 54.3 Å². The summed E-state index contributed by atoms with van der Waals surface area (Å²) in [5.41, 5.74) is 4.23. The number of aryl methyl sites for hydroxylation is 1. The molecule has 0 aliphatic carbocycles. The third-order valence-corrected chi connectivity index (χ3v) is 5.32. The smallest absolute Gasteiger partial charge is 0.322 e. The molecule has 2 aromatic carbocycles. The number of halogens is 1. The highest BCUT2D eigenvalue weighted by molar-refractivity contribution is 9.10. The van der Waals surface area contributed by atoms with Gasteiger partial charge in [0.25, 0.3) is 0 Å². The number of benzene rings is 2. The maximum absolute atomic E-state index is 13.0. The fraction of sp³-hybridized carbons (Fsp3) is 0.190. The van der Waals surface area contributed by atoms with Crippen LogP contribution in [0.15, 0.2) is 71.3 Å². The van der Waals surface area contributed by atoms with Crippen LogP contribution in [0.1, 0.15) is 22.9 Å². The topological polar surface area (TPSA) is 37.3 Å². The van der Waals surface area contributed by atoms with Crippen molar-refractivity contribution in [2.75, 3.05) is 11.9 Å². The molecule has 2 amide bonds. The van der Waals surface area contributed by atoms with Gasteiger partial charge in [0, 0.05) is 35.1 Å². The van der Waals surface area contributed by atoms with Gasteiger partial charge in [0.15, 0.2) is 0 Å². The van der Waals surface area contributed by atoms with E-state index in [0.29, 0.717) is 6.54 Å². The van der Waals surface area contributed by atoms with E-state index in [4.69, 9.17) is 0 Å². The van der Waals surface area contributed by atoms with Gasteiger partial charge in [-0.25, -0.2) is 4.79 Å². The second-order valence-corrected chi connectivity index (χ2v) is 7.49. The van der Waals surface area contributed by atoms with Gasteiger partial charge in [-0.1, -0.05) is 45.8 Å². The van der Waals surface area contributed by atoms with Crippen molar-refractivity contribution in [1.29, 1.82) is 0 Å². The Morgan fingerprint density at radius 3 is 2.50 bits per heavy atom. The van der Waals surface area contributed by atoms with Crippen LogP contribution in [0.2, 0.25) is 0 Å². The van der Waals surface area contributed by atoms with Crippen molar-refractivity contribution in [3.05, 3.63) is 88.2 Å². The first-order valence-electron chi connectivity index (χ1n) is 8.66. The van der Waals surface area contributed by atoms with Crippen molar-refractivity contribution in [3.63, 3.8) is 0 Å². The molecule has 0 saturated heterocycles. The van der Waals surface area contributed by atoms with Crippen LogP contribution in [0.4, 0.5) is 10.5 Å². The number of amides is 2. The Hall–Kier alpha value is -2.53. The summed E-state index contributed by atoms with van der Waals surface area (Å²) in [5.74, 6) is 0. The van der Waals surface area contributed by atoms with E-state index in [2.05, 4.69) is 50.2 Å². The molecule has 0 saturated carbocycles. The Morgan fingerprint density at radius 2 is 1.77 bits per heavy atom. The van der Waals surface area contributed by atoms with Crippen molar-refractivity contribution in [2.24, 2.45) is 0 Å². The fourth-order valence-electron chi connectivity index (χ4n) is 3.43. The molecule has 3 aromatic rings. The highest BCUT2D eigenvalue weighted by Gasteiger charge is 2.32. The van der Waals surface area contributed by atoms with Crippen LogP contribution < -0.4 is 5.32 Å². The predicted octanol–water partition coefficient (Wildman–Crippen LogP) is 5.20. The minimum atomic E-state index is -0.0997. The molecule has 1 aliphatic rings. The Balaban J connectivity index is 1.66. The highest BCUT2D eigenvalue weighted by atomic mass is 79.9. The molecule has 4 nitrogen and oxygen atoms in total. The molecule has 1 unspecified atom stereocenters. The number of nitrogens with one attached hydrogen (secondary N) is 1. The summed E-state index contributed by atoms with van der Waals surface area (Å²) in [7, 11) is 0. The summed E-state index contributed by atoms with van der Waals surface area (Å²) in [6, 6.07) is 20.0. The number of fused-ring (bicyclic) bond motifs is 1. The summed E-state index contributed by atoms with van der Waals surface area (Å²) in [6.45, 7) is 3.50. The second-order valence-electron chi connectivity index (χ2n) is 6.57. The molecule has 0 fully saturated rings. The Morgan fingerprint density at radius 1 is 1.04 bits per heavy atom. The largest absolute Gasteiger partial charge is 0.348 e. The monoisotopic (exact) mass is 409 g/mol. The van der Waals surface area contributed by atoms with E-state index < -0.39 is 0 Å². The van der Waals surface area contributed by atoms with Crippen LogP contribution in [-0.2, 0) is 6.54 Å². The van der Waals surface area contributed by atoms with Gasteiger partial charge >= 0.3 is 6.03 Å². The first kappa shape index (κ1) is 16.9. The number of hydrogen-bond donors (Lipinski definition) is 1. The van der Waals surface area contributed by atoms with Crippen LogP contribution in [0.25, 0.3) is 0 Å². The van der Waals surface area contributed by atoms with Gasteiger partial charge in [-0.05, 0) is 48.9 Å². The second kappa shape index (κ2) is 7.00. The van der Waals surface area contributed by atoms with Gasteiger partial charge in [0.2, 0.25) is 0 Å². The van der Waals surface area contributed by atoms with Gasteiger partial charge in [-0.15, -0.1) is 0 Å². The summed E-state index contributed by atoms with van der Waals surface area (Å²) >= 11 is 3.49. The van der Waals surface area contributed by atoms with Gasteiger partial charge in [0.1, 0.15) is 0 Å². The van der Waals surface area contributed by atoms with Crippen LogP contribution in [0.3, 0.4) is 0 Å². The minimum Gasteiger partial charge on any atom is -0.348 e. The van der Waals surface area contributed by atoms with E-state index in [0.717, 1.165) is 28.0 Å². The summed E-state index contributed by atoms with van der Waals surface area (Å²) in [5, 5.41) is 3.04. The van der Waals surface area contributed by atoms with Gasteiger partial charge in [-0.3, -0.25) is 0 Å². The van der Waals surface area contributed by atoms with Crippen LogP contribution >= 0.6 is 15.9 Å². The molecule has 1 aliphatic heterocycles. The maximum atomic E-state index is 13.0. The van der Waals surface area contributed by atoms with Crippen molar-refractivity contribution < 1.29 is 4.79 Å². The maximum Gasteiger partial charge on any atom is 0.322 e. The normalized spacial score (nSPS) is 16.2. The third-order valence-electron chi connectivity index (χ3n) is 4.79. The number of carbonyl (C=O) groups excluding carboxylic acids is 1. The quantitative estimate of drug-likeness (QED) is 0.620.